The van der Waals surface area contributed by atoms with Gasteiger partial charge in [0.2, 0.25) is 5.91 Å². The molecule has 1 aromatic carbocycles. The van der Waals surface area contributed by atoms with Gasteiger partial charge in [-0.25, -0.2) is 0 Å². The van der Waals surface area contributed by atoms with Gasteiger partial charge in [0.1, 0.15) is 5.75 Å². The van der Waals surface area contributed by atoms with E-state index in [0.717, 1.165) is 57.0 Å². The molecule has 5 heteroatoms. The summed E-state index contributed by atoms with van der Waals surface area (Å²) in [5, 5.41) is 3.36. The van der Waals surface area contributed by atoms with Gasteiger partial charge in [0, 0.05) is 26.2 Å². The van der Waals surface area contributed by atoms with Crippen LogP contribution in [0, 0.1) is 0 Å². The first-order valence-electron chi connectivity index (χ1n) is 8.78. The van der Waals surface area contributed by atoms with Crippen LogP contribution in [-0.4, -0.2) is 56.2 Å². The Hall–Kier alpha value is -1.75. The Bertz CT molecular complexity index is 521. The third-order valence-electron chi connectivity index (χ3n) is 4.71. The number of para-hydroxylation sites is 2. The molecule has 2 heterocycles. The van der Waals surface area contributed by atoms with Gasteiger partial charge in [0.25, 0.3) is 0 Å². The maximum absolute atomic E-state index is 12.6. The van der Waals surface area contributed by atoms with Gasteiger partial charge in [-0.1, -0.05) is 18.6 Å². The quantitative estimate of drug-likeness (QED) is 0.921. The van der Waals surface area contributed by atoms with Crippen LogP contribution in [0.25, 0.3) is 0 Å². The van der Waals surface area contributed by atoms with Crippen molar-refractivity contribution in [2.75, 3.05) is 44.2 Å². The maximum atomic E-state index is 12.6. The molecule has 5 nitrogen and oxygen atoms in total. The van der Waals surface area contributed by atoms with Crippen molar-refractivity contribution in [2.45, 2.75) is 32.2 Å². The van der Waals surface area contributed by atoms with Crippen molar-refractivity contribution in [1.82, 2.24) is 10.2 Å². The second-order valence-electron chi connectivity index (χ2n) is 6.22. The first-order valence-corrected chi connectivity index (χ1v) is 8.78. The van der Waals surface area contributed by atoms with Gasteiger partial charge < -0.3 is 19.9 Å². The van der Waals surface area contributed by atoms with Crippen LogP contribution in [-0.2, 0) is 4.79 Å². The highest BCUT2D eigenvalue weighted by atomic mass is 16.5. The zero-order chi connectivity index (χ0) is 16.1. The molecule has 0 radical (unpaired) electrons. The molecule has 1 aromatic rings. The lowest BCUT2D eigenvalue weighted by Crippen LogP contribution is -2.55. The summed E-state index contributed by atoms with van der Waals surface area (Å²) in [7, 11) is 0. The molecule has 0 unspecified atom stereocenters. The van der Waals surface area contributed by atoms with Gasteiger partial charge in [0.15, 0.2) is 0 Å². The molecule has 126 valence electrons. The first-order chi connectivity index (χ1) is 11.3. The summed E-state index contributed by atoms with van der Waals surface area (Å²) in [6, 6.07) is 8.20. The van der Waals surface area contributed by atoms with Crippen LogP contribution in [0.4, 0.5) is 5.69 Å². The monoisotopic (exact) mass is 317 g/mol. The predicted molar refractivity (Wildman–Crippen MR) is 92.0 cm³/mol. The number of anilines is 1. The van der Waals surface area contributed by atoms with Gasteiger partial charge >= 0.3 is 0 Å². The molecule has 2 aliphatic rings. The topological polar surface area (TPSA) is 44.8 Å². The standard InChI is InChI=1S/C18H27N3O2/c1-2-23-17-9-4-3-8-16(17)20-11-13-21(14-12-20)18(22)15-7-5-6-10-19-15/h3-4,8-9,15,19H,2,5-7,10-14H2,1H3/t15-/m1/s1. The largest absolute Gasteiger partial charge is 0.492 e. The molecule has 2 saturated heterocycles. The molecule has 1 amide bonds. The summed E-state index contributed by atoms with van der Waals surface area (Å²) < 4.78 is 5.73. The van der Waals surface area contributed by atoms with E-state index in [0.29, 0.717) is 6.61 Å². The van der Waals surface area contributed by atoms with Crippen LogP contribution in [0.1, 0.15) is 26.2 Å². The smallest absolute Gasteiger partial charge is 0.239 e. The molecule has 1 atom stereocenters. The Labute approximate surface area is 138 Å². The van der Waals surface area contributed by atoms with E-state index in [2.05, 4.69) is 16.3 Å². The Morgan fingerprint density at radius 2 is 2.00 bits per heavy atom. The van der Waals surface area contributed by atoms with E-state index in [1.54, 1.807) is 0 Å². The molecule has 0 aromatic heterocycles. The van der Waals surface area contributed by atoms with Crippen molar-refractivity contribution < 1.29 is 9.53 Å². The molecule has 0 bridgehead atoms. The molecule has 0 spiro atoms. The average molecular weight is 317 g/mol. The minimum absolute atomic E-state index is 0.0333. The lowest BCUT2D eigenvalue weighted by molar-refractivity contribution is -0.134. The Balaban J connectivity index is 1.59. The number of nitrogens with zero attached hydrogens (tertiary/aromatic N) is 2. The number of ether oxygens (including phenoxy) is 1. The van der Waals surface area contributed by atoms with Crippen molar-refractivity contribution in [2.24, 2.45) is 0 Å². The zero-order valence-corrected chi connectivity index (χ0v) is 14.0. The average Bonchev–Trinajstić information content (AvgIpc) is 2.63. The summed E-state index contributed by atoms with van der Waals surface area (Å²) >= 11 is 0. The molecule has 0 saturated carbocycles. The number of piperazine rings is 1. The van der Waals surface area contributed by atoms with Crippen LogP contribution in [0.3, 0.4) is 0 Å². The van der Waals surface area contributed by atoms with Gasteiger partial charge in [-0.3, -0.25) is 4.79 Å². The van der Waals surface area contributed by atoms with Gasteiger partial charge in [-0.2, -0.15) is 0 Å². The van der Waals surface area contributed by atoms with E-state index in [1.165, 1.54) is 6.42 Å². The molecule has 1 N–H and O–H groups in total. The molecular weight excluding hydrogens is 290 g/mol. The van der Waals surface area contributed by atoms with Crippen LogP contribution >= 0.6 is 0 Å². The van der Waals surface area contributed by atoms with Crippen molar-refractivity contribution in [1.29, 1.82) is 0 Å². The SMILES string of the molecule is CCOc1ccccc1N1CCN(C(=O)[C@H]2CCCCN2)CC1. The lowest BCUT2D eigenvalue weighted by atomic mass is 10.0. The Kier molecular flexibility index (Phi) is 5.39. The fourth-order valence-corrected chi connectivity index (χ4v) is 3.45. The van der Waals surface area contributed by atoms with Gasteiger partial charge in [-0.15, -0.1) is 0 Å². The number of nitrogens with one attached hydrogen (secondary N) is 1. The molecule has 23 heavy (non-hydrogen) atoms. The van der Waals surface area contributed by atoms with E-state index in [4.69, 9.17) is 4.74 Å². The summed E-state index contributed by atoms with van der Waals surface area (Å²) in [6.45, 7) is 6.95. The summed E-state index contributed by atoms with van der Waals surface area (Å²) in [6.07, 6.45) is 3.32. The maximum Gasteiger partial charge on any atom is 0.239 e. The number of piperidine rings is 1. The Morgan fingerprint density at radius 1 is 1.22 bits per heavy atom. The van der Waals surface area contributed by atoms with Crippen LogP contribution in [0.5, 0.6) is 5.75 Å². The molecule has 2 aliphatic heterocycles. The van der Waals surface area contributed by atoms with Crippen LogP contribution in [0.15, 0.2) is 24.3 Å². The van der Waals surface area contributed by atoms with E-state index >= 15 is 0 Å². The zero-order valence-electron chi connectivity index (χ0n) is 14.0. The third-order valence-corrected chi connectivity index (χ3v) is 4.71. The van der Waals surface area contributed by atoms with Crippen molar-refractivity contribution in [3.05, 3.63) is 24.3 Å². The van der Waals surface area contributed by atoms with E-state index in [1.807, 2.05) is 30.0 Å². The molecular formula is C18H27N3O2. The van der Waals surface area contributed by atoms with E-state index in [9.17, 15) is 4.79 Å². The predicted octanol–water partition coefficient (Wildman–Crippen LogP) is 1.88. The second-order valence-corrected chi connectivity index (χ2v) is 6.22. The van der Waals surface area contributed by atoms with Crippen molar-refractivity contribution >= 4 is 11.6 Å². The van der Waals surface area contributed by atoms with Crippen molar-refractivity contribution in [3.63, 3.8) is 0 Å². The number of carbonyl (C=O) groups is 1. The first kappa shape index (κ1) is 16.1. The number of hydrogen-bond acceptors (Lipinski definition) is 4. The summed E-state index contributed by atoms with van der Waals surface area (Å²) in [5.74, 6) is 1.21. The normalized spacial score (nSPS) is 22.0. The van der Waals surface area contributed by atoms with Gasteiger partial charge in [-0.05, 0) is 38.4 Å². The number of benzene rings is 1. The number of rotatable bonds is 4. The van der Waals surface area contributed by atoms with Crippen LogP contribution in [0.2, 0.25) is 0 Å². The highest BCUT2D eigenvalue weighted by Crippen LogP contribution is 2.29. The molecule has 0 aliphatic carbocycles. The van der Waals surface area contributed by atoms with E-state index < -0.39 is 0 Å². The summed E-state index contributed by atoms with van der Waals surface area (Å²) in [5.41, 5.74) is 1.14. The number of hydrogen-bond donors (Lipinski definition) is 1. The highest BCUT2D eigenvalue weighted by Gasteiger charge is 2.28. The minimum atomic E-state index is 0.0333. The van der Waals surface area contributed by atoms with Gasteiger partial charge in [0.05, 0.1) is 18.3 Å². The fraction of sp³-hybridized carbons (Fsp3) is 0.611. The highest BCUT2D eigenvalue weighted by molar-refractivity contribution is 5.82. The fourth-order valence-electron chi connectivity index (χ4n) is 3.45. The number of carbonyl (C=O) groups excluding carboxylic acids is 1. The minimum Gasteiger partial charge on any atom is -0.492 e. The summed E-state index contributed by atoms with van der Waals surface area (Å²) in [4.78, 5) is 16.9. The number of amides is 1. The van der Waals surface area contributed by atoms with Crippen molar-refractivity contribution in [3.8, 4) is 5.75 Å². The Morgan fingerprint density at radius 3 is 2.70 bits per heavy atom. The molecule has 2 fully saturated rings. The van der Waals surface area contributed by atoms with Crippen LogP contribution < -0.4 is 15.0 Å². The second kappa shape index (κ2) is 7.68. The third kappa shape index (κ3) is 3.78. The van der Waals surface area contributed by atoms with E-state index in [-0.39, 0.29) is 11.9 Å². The molecule has 3 rings (SSSR count). The lowest BCUT2D eigenvalue weighted by Gasteiger charge is -2.38.